The zero-order chi connectivity index (χ0) is 19.1. The van der Waals surface area contributed by atoms with Crippen LogP contribution in [0.1, 0.15) is 34.3 Å². The number of esters is 1. The average Bonchev–Trinajstić information content (AvgIpc) is 2.63. The summed E-state index contributed by atoms with van der Waals surface area (Å²) in [6.45, 7) is 3.41. The van der Waals surface area contributed by atoms with Crippen molar-refractivity contribution in [2.75, 3.05) is 11.9 Å². The molecule has 136 valence electrons. The maximum atomic E-state index is 12.0. The van der Waals surface area contributed by atoms with Crippen LogP contribution in [0.2, 0.25) is 0 Å². The molecule has 0 atom stereocenters. The van der Waals surface area contributed by atoms with Crippen LogP contribution in [-0.4, -0.2) is 24.3 Å². The van der Waals surface area contributed by atoms with E-state index in [1.807, 2.05) is 32.0 Å². The van der Waals surface area contributed by atoms with E-state index >= 15 is 0 Å². The van der Waals surface area contributed by atoms with Crippen LogP contribution in [0.5, 0.6) is 0 Å². The molecule has 0 aliphatic rings. The van der Waals surface area contributed by atoms with Crippen molar-refractivity contribution in [3.63, 3.8) is 0 Å². The lowest BCUT2D eigenvalue weighted by Crippen LogP contribution is -2.21. The molecule has 2 aromatic rings. The van der Waals surface area contributed by atoms with Gasteiger partial charge in [-0.3, -0.25) is 14.4 Å². The van der Waals surface area contributed by atoms with Gasteiger partial charge in [0.05, 0.1) is 6.42 Å². The normalized spacial score (nSPS) is 10.3. The largest absolute Gasteiger partial charge is 0.456 e. The second kappa shape index (κ2) is 9.29. The standard InChI is InChI=1S/C20H20BrNO4/c1-13-11-17(14(2)10-16(13)21)22-19(24)12-26-20(25)9-8-18(23)15-6-4-3-5-7-15/h3-7,10-11H,8-9,12H2,1-2H3,(H,22,24). The van der Waals surface area contributed by atoms with E-state index in [4.69, 9.17) is 4.74 Å². The number of benzene rings is 2. The molecule has 0 unspecified atom stereocenters. The molecule has 0 aromatic heterocycles. The van der Waals surface area contributed by atoms with Gasteiger partial charge in [-0.05, 0) is 37.1 Å². The Bertz CT molecular complexity index is 818. The number of halogens is 1. The summed E-state index contributed by atoms with van der Waals surface area (Å²) in [6, 6.07) is 12.5. The van der Waals surface area contributed by atoms with E-state index in [1.54, 1.807) is 24.3 Å². The first kappa shape index (κ1) is 19.8. The lowest BCUT2D eigenvalue weighted by atomic mass is 10.1. The quantitative estimate of drug-likeness (QED) is 0.540. The van der Waals surface area contributed by atoms with Crippen molar-refractivity contribution in [3.8, 4) is 0 Å². The minimum Gasteiger partial charge on any atom is -0.456 e. The minimum atomic E-state index is -0.576. The number of aryl methyl sites for hydroxylation is 2. The van der Waals surface area contributed by atoms with Crippen molar-refractivity contribution in [3.05, 3.63) is 63.6 Å². The molecule has 0 aliphatic carbocycles. The third kappa shape index (κ3) is 5.81. The summed E-state index contributed by atoms with van der Waals surface area (Å²) in [5.74, 6) is -1.13. The zero-order valence-corrected chi connectivity index (χ0v) is 16.3. The Morgan fingerprint density at radius 3 is 2.38 bits per heavy atom. The molecule has 26 heavy (non-hydrogen) atoms. The molecule has 0 radical (unpaired) electrons. The SMILES string of the molecule is Cc1cc(NC(=O)COC(=O)CCC(=O)c2ccccc2)c(C)cc1Br. The zero-order valence-electron chi connectivity index (χ0n) is 14.7. The highest BCUT2D eigenvalue weighted by molar-refractivity contribution is 9.10. The molecule has 1 N–H and O–H groups in total. The minimum absolute atomic E-state index is 0.0511. The maximum absolute atomic E-state index is 12.0. The first-order valence-electron chi connectivity index (χ1n) is 8.17. The van der Waals surface area contributed by atoms with Gasteiger partial charge in [-0.15, -0.1) is 0 Å². The van der Waals surface area contributed by atoms with Gasteiger partial charge in [-0.25, -0.2) is 0 Å². The number of nitrogens with one attached hydrogen (secondary N) is 1. The van der Waals surface area contributed by atoms with E-state index in [9.17, 15) is 14.4 Å². The molecule has 0 saturated heterocycles. The van der Waals surface area contributed by atoms with Gasteiger partial charge in [0, 0.05) is 22.1 Å². The van der Waals surface area contributed by atoms with Crippen LogP contribution in [-0.2, 0) is 14.3 Å². The molecule has 5 nitrogen and oxygen atoms in total. The second-order valence-electron chi connectivity index (χ2n) is 5.91. The van der Waals surface area contributed by atoms with Crippen LogP contribution in [0, 0.1) is 13.8 Å². The fraction of sp³-hybridized carbons (Fsp3) is 0.250. The van der Waals surface area contributed by atoms with Crippen LogP contribution < -0.4 is 5.32 Å². The summed E-state index contributed by atoms with van der Waals surface area (Å²) in [5.41, 5.74) is 3.11. The van der Waals surface area contributed by atoms with Crippen LogP contribution >= 0.6 is 15.9 Å². The van der Waals surface area contributed by atoms with E-state index in [-0.39, 0.29) is 25.2 Å². The van der Waals surface area contributed by atoms with E-state index in [2.05, 4.69) is 21.2 Å². The Morgan fingerprint density at radius 1 is 1.00 bits per heavy atom. The summed E-state index contributed by atoms with van der Waals surface area (Å²) in [6.07, 6.45) is -0.00704. The highest BCUT2D eigenvalue weighted by atomic mass is 79.9. The summed E-state index contributed by atoms with van der Waals surface area (Å²) >= 11 is 3.43. The topological polar surface area (TPSA) is 72.5 Å². The van der Waals surface area contributed by atoms with Crippen LogP contribution in [0.15, 0.2) is 46.9 Å². The molecule has 2 aromatic carbocycles. The van der Waals surface area contributed by atoms with Crippen molar-refractivity contribution >= 4 is 39.3 Å². The van der Waals surface area contributed by atoms with Crippen LogP contribution in [0.3, 0.4) is 0 Å². The number of hydrogen-bond acceptors (Lipinski definition) is 4. The molecule has 0 fully saturated rings. The lowest BCUT2D eigenvalue weighted by Gasteiger charge is -2.11. The lowest BCUT2D eigenvalue weighted by molar-refractivity contribution is -0.147. The number of hydrogen-bond donors (Lipinski definition) is 1. The fourth-order valence-electron chi connectivity index (χ4n) is 2.30. The van der Waals surface area contributed by atoms with Crippen molar-refractivity contribution in [2.45, 2.75) is 26.7 Å². The molecular formula is C20H20BrNO4. The smallest absolute Gasteiger partial charge is 0.306 e. The summed E-state index contributed by atoms with van der Waals surface area (Å²) in [4.78, 5) is 35.6. The first-order chi connectivity index (χ1) is 12.4. The van der Waals surface area contributed by atoms with Gasteiger partial charge in [-0.1, -0.05) is 46.3 Å². The molecule has 0 saturated carbocycles. The molecule has 0 spiro atoms. The number of carbonyl (C=O) groups excluding carboxylic acids is 3. The van der Waals surface area contributed by atoms with E-state index in [0.29, 0.717) is 11.3 Å². The maximum Gasteiger partial charge on any atom is 0.306 e. The van der Waals surface area contributed by atoms with Crippen molar-refractivity contribution in [2.24, 2.45) is 0 Å². The number of anilines is 1. The van der Waals surface area contributed by atoms with Gasteiger partial charge in [0.15, 0.2) is 12.4 Å². The number of ether oxygens (including phenoxy) is 1. The molecule has 0 heterocycles. The van der Waals surface area contributed by atoms with Gasteiger partial charge >= 0.3 is 5.97 Å². The summed E-state index contributed by atoms with van der Waals surface area (Å²) in [7, 11) is 0. The molecule has 2 rings (SSSR count). The number of ketones is 1. The van der Waals surface area contributed by atoms with Crippen LogP contribution in [0.4, 0.5) is 5.69 Å². The fourth-order valence-corrected chi connectivity index (χ4v) is 2.76. The Labute approximate surface area is 160 Å². The molecule has 0 aliphatic heterocycles. The van der Waals surface area contributed by atoms with Crippen molar-refractivity contribution in [1.29, 1.82) is 0 Å². The third-order valence-electron chi connectivity index (χ3n) is 3.80. The number of rotatable bonds is 7. The average molecular weight is 418 g/mol. The molecule has 0 bridgehead atoms. The van der Waals surface area contributed by atoms with Crippen molar-refractivity contribution < 1.29 is 19.1 Å². The van der Waals surface area contributed by atoms with Gasteiger partial charge in [0.25, 0.3) is 5.91 Å². The predicted octanol–water partition coefficient (Wildman–Crippen LogP) is 4.21. The van der Waals surface area contributed by atoms with Gasteiger partial charge in [0.2, 0.25) is 0 Å². The van der Waals surface area contributed by atoms with E-state index < -0.39 is 11.9 Å². The Hall–Kier alpha value is -2.47. The highest BCUT2D eigenvalue weighted by Crippen LogP contribution is 2.24. The summed E-state index contributed by atoms with van der Waals surface area (Å²) < 4.78 is 5.90. The monoisotopic (exact) mass is 417 g/mol. The number of carbonyl (C=O) groups is 3. The summed E-state index contributed by atoms with van der Waals surface area (Å²) in [5, 5.41) is 2.72. The van der Waals surface area contributed by atoms with E-state index in [0.717, 1.165) is 15.6 Å². The Morgan fingerprint density at radius 2 is 1.69 bits per heavy atom. The van der Waals surface area contributed by atoms with Gasteiger partial charge < -0.3 is 10.1 Å². The number of Topliss-reactive ketones (excluding diaryl/α,β-unsaturated/α-hetero) is 1. The Balaban J connectivity index is 1.77. The highest BCUT2D eigenvalue weighted by Gasteiger charge is 2.13. The second-order valence-corrected chi connectivity index (χ2v) is 6.77. The Kier molecular flexibility index (Phi) is 7.09. The predicted molar refractivity (Wildman–Crippen MR) is 103 cm³/mol. The number of amides is 1. The van der Waals surface area contributed by atoms with Gasteiger partial charge in [0.1, 0.15) is 0 Å². The molecule has 6 heteroatoms. The van der Waals surface area contributed by atoms with Crippen LogP contribution in [0.25, 0.3) is 0 Å². The molecular weight excluding hydrogens is 398 g/mol. The van der Waals surface area contributed by atoms with E-state index in [1.165, 1.54) is 0 Å². The molecule has 1 amide bonds. The third-order valence-corrected chi connectivity index (χ3v) is 4.65. The van der Waals surface area contributed by atoms with Crippen molar-refractivity contribution in [1.82, 2.24) is 0 Å². The van der Waals surface area contributed by atoms with Gasteiger partial charge in [-0.2, -0.15) is 0 Å². The first-order valence-corrected chi connectivity index (χ1v) is 8.96.